The van der Waals surface area contributed by atoms with Gasteiger partial charge in [-0.05, 0) is 28.6 Å². The SMILES string of the molecule is O=C1c2ccccc2-c2cc(Br)cc3cccc1c23. The summed E-state index contributed by atoms with van der Waals surface area (Å²) in [7, 11) is 0. The molecule has 0 unspecified atom stereocenters. The van der Waals surface area contributed by atoms with Crippen LogP contribution in [-0.2, 0) is 0 Å². The summed E-state index contributed by atoms with van der Waals surface area (Å²) < 4.78 is 1.04. The van der Waals surface area contributed by atoms with Gasteiger partial charge in [-0.3, -0.25) is 4.79 Å². The van der Waals surface area contributed by atoms with Crippen LogP contribution in [0.15, 0.2) is 59.1 Å². The molecule has 19 heavy (non-hydrogen) atoms. The molecule has 0 amide bonds. The number of rotatable bonds is 0. The molecule has 0 fully saturated rings. The number of carbonyl (C=O) groups is 1. The first-order chi connectivity index (χ1) is 9.25. The molecular weight excluding hydrogens is 300 g/mol. The topological polar surface area (TPSA) is 17.1 Å². The highest BCUT2D eigenvalue weighted by Crippen LogP contribution is 2.40. The lowest BCUT2D eigenvalue weighted by Crippen LogP contribution is -2.09. The maximum Gasteiger partial charge on any atom is 0.194 e. The predicted molar refractivity (Wildman–Crippen MR) is 80.5 cm³/mol. The lowest BCUT2D eigenvalue weighted by molar-refractivity contribution is 0.104. The van der Waals surface area contributed by atoms with E-state index >= 15 is 0 Å². The van der Waals surface area contributed by atoms with Gasteiger partial charge in [0.15, 0.2) is 5.78 Å². The minimum Gasteiger partial charge on any atom is -0.289 e. The smallest absolute Gasteiger partial charge is 0.194 e. The number of benzene rings is 3. The number of hydrogen-bond acceptors (Lipinski definition) is 1. The molecule has 0 N–H and O–H groups in total. The van der Waals surface area contributed by atoms with Crippen LogP contribution in [0.2, 0.25) is 0 Å². The Morgan fingerprint density at radius 3 is 2.32 bits per heavy atom. The minimum absolute atomic E-state index is 0.121. The fourth-order valence-corrected chi connectivity index (χ4v) is 3.33. The fourth-order valence-electron chi connectivity index (χ4n) is 2.85. The lowest BCUT2D eigenvalue weighted by Gasteiger charge is -2.20. The summed E-state index contributed by atoms with van der Waals surface area (Å²) in [5.41, 5.74) is 3.76. The minimum atomic E-state index is 0.121. The van der Waals surface area contributed by atoms with Crippen molar-refractivity contribution in [2.24, 2.45) is 0 Å². The zero-order valence-electron chi connectivity index (χ0n) is 9.98. The maximum absolute atomic E-state index is 12.6. The summed E-state index contributed by atoms with van der Waals surface area (Å²) in [6.07, 6.45) is 0. The Morgan fingerprint density at radius 1 is 0.737 bits per heavy atom. The molecule has 0 atom stereocenters. The van der Waals surface area contributed by atoms with Gasteiger partial charge in [0.25, 0.3) is 0 Å². The van der Waals surface area contributed by atoms with Crippen molar-refractivity contribution in [1.82, 2.24) is 0 Å². The van der Waals surface area contributed by atoms with Crippen molar-refractivity contribution in [2.45, 2.75) is 0 Å². The number of carbonyl (C=O) groups excluding carboxylic acids is 1. The third-order valence-electron chi connectivity index (χ3n) is 3.65. The van der Waals surface area contributed by atoms with E-state index in [2.05, 4.69) is 28.1 Å². The van der Waals surface area contributed by atoms with Gasteiger partial charge in [-0.2, -0.15) is 0 Å². The van der Waals surface area contributed by atoms with Crippen molar-refractivity contribution in [1.29, 1.82) is 0 Å². The molecule has 1 nitrogen and oxygen atoms in total. The Kier molecular flexibility index (Phi) is 2.18. The zero-order valence-corrected chi connectivity index (χ0v) is 11.6. The van der Waals surface area contributed by atoms with Gasteiger partial charge in [-0.1, -0.05) is 58.4 Å². The molecule has 0 radical (unpaired) electrons. The third-order valence-corrected chi connectivity index (χ3v) is 4.11. The summed E-state index contributed by atoms with van der Waals surface area (Å²) >= 11 is 3.55. The van der Waals surface area contributed by atoms with Gasteiger partial charge in [-0.25, -0.2) is 0 Å². The molecule has 0 bridgehead atoms. The molecular formula is C17H9BrO. The van der Waals surface area contributed by atoms with Crippen LogP contribution in [0.3, 0.4) is 0 Å². The van der Waals surface area contributed by atoms with E-state index in [9.17, 15) is 4.79 Å². The molecule has 2 heteroatoms. The second-order valence-electron chi connectivity index (χ2n) is 4.73. The highest BCUT2D eigenvalue weighted by Gasteiger charge is 2.24. The second-order valence-corrected chi connectivity index (χ2v) is 5.65. The fraction of sp³-hybridized carbons (Fsp3) is 0. The van der Waals surface area contributed by atoms with Crippen LogP contribution in [-0.4, -0.2) is 5.78 Å². The maximum atomic E-state index is 12.6. The molecule has 3 aromatic carbocycles. The van der Waals surface area contributed by atoms with Gasteiger partial charge in [-0.15, -0.1) is 0 Å². The predicted octanol–water partition coefficient (Wildman–Crippen LogP) is 4.81. The number of fused-ring (bicyclic) bond motifs is 2. The van der Waals surface area contributed by atoms with Crippen LogP contribution in [0.1, 0.15) is 15.9 Å². The largest absolute Gasteiger partial charge is 0.289 e. The first-order valence-electron chi connectivity index (χ1n) is 6.12. The molecule has 3 aromatic rings. The van der Waals surface area contributed by atoms with E-state index in [0.717, 1.165) is 37.5 Å². The lowest BCUT2D eigenvalue weighted by atomic mass is 9.83. The van der Waals surface area contributed by atoms with Crippen LogP contribution < -0.4 is 0 Å². The monoisotopic (exact) mass is 308 g/mol. The van der Waals surface area contributed by atoms with Crippen molar-refractivity contribution in [3.63, 3.8) is 0 Å². The molecule has 0 saturated carbocycles. The summed E-state index contributed by atoms with van der Waals surface area (Å²) in [5, 5.41) is 2.17. The van der Waals surface area contributed by atoms with E-state index in [1.165, 1.54) is 0 Å². The molecule has 0 spiro atoms. The van der Waals surface area contributed by atoms with E-state index in [1.54, 1.807) is 0 Å². The van der Waals surface area contributed by atoms with Crippen LogP contribution >= 0.6 is 15.9 Å². The van der Waals surface area contributed by atoms with E-state index in [4.69, 9.17) is 0 Å². The van der Waals surface area contributed by atoms with Crippen LogP contribution in [0.5, 0.6) is 0 Å². The van der Waals surface area contributed by atoms with Gasteiger partial charge in [0.2, 0.25) is 0 Å². The molecule has 1 aliphatic rings. The molecule has 0 aromatic heterocycles. The first kappa shape index (κ1) is 10.9. The Hall–Kier alpha value is -1.93. The van der Waals surface area contributed by atoms with Gasteiger partial charge in [0.05, 0.1) is 0 Å². The highest BCUT2D eigenvalue weighted by molar-refractivity contribution is 9.10. The summed E-state index contributed by atoms with van der Waals surface area (Å²) in [5.74, 6) is 0.121. The zero-order chi connectivity index (χ0) is 13.0. The Morgan fingerprint density at radius 2 is 1.47 bits per heavy atom. The average molecular weight is 309 g/mol. The Balaban J connectivity index is 2.28. The molecule has 0 heterocycles. The molecule has 4 rings (SSSR count). The Labute approximate surface area is 119 Å². The van der Waals surface area contributed by atoms with Crippen molar-refractivity contribution in [2.75, 3.05) is 0 Å². The second kappa shape index (κ2) is 3.78. The highest BCUT2D eigenvalue weighted by atomic mass is 79.9. The third kappa shape index (κ3) is 1.44. The van der Waals surface area contributed by atoms with Gasteiger partial charge < -0.3 is 0 Å². The van der Waals surface area contributed by atoms with Crippen molar-refractivity contribution >= 4 is 32.5 Å². The standard InChI is InChI=1S/C17H9BrO/c18-11-8-10-4-3-7-14-16(10)15(9-11)12-5-1-2-6-13(12)17(14)19/h1-9H. The van der Waals surface area contributed by atoms with E-state index < -0.39 is 0 Å². The Bertz CT molecular complexity index is 849. The molecule has 0 saturated heterocycles. The number of hydrogen-bond donors (Lipinski definition) is 0. The van der Waals surface area contributed by atoms with Crippen molar-refractivity contribution in [3.05, 3.63) is 70.2 Å². The van der Waals surface area contributed by atoms with Crippen LogP contribution in [0, 0.1) is 0 Å². The van der Waals surface area contributed by atoms with Crippen molar-refractivity contribution < 1.29 is 4.79 Å². The quantitative estimate of drug-likeness (QED) is 0.455. The van der Waals surface area contributed by atoms with Gasteiger partial charge in [0.1, 0.15) is 0 Å². The van der Waals surface area contributed by atoms with Gasteiger partial charge in [0, 0.05) is 21.0 Å². The normalized spacial score (nSPS) is 12.6. The van der Waals surface area contributed by atoms with Crippen LogP contribution in [0.4, 0.5) is 0 Å². The molecule has 90 valence electrons. The van der Waals surface area contributed by atoms with Crippen molar-refractivity contribution in [3.8, 4) is 11.1 Å². The number of ketones is 1. The number of halogens is 1. The summed E-state index contributed by atoms with van der Waals surface area (Å²) in [6.45, 7) is 0. The first-order valence-corrected chi connectivity index (χ1v) is 6.91. The van der Waals surface area contributed by atoms with E-state index in [-0.39, 0.29) is 5.78 Å². The summed E-state index contributed by atoms with van der Waals surface area (Å²) in [6, 6.07) is 17.9. The average Bonchev–Trinajstić information content (AvgIpc) is 2.44. The van der Waals surface area contributed by atoms with Crippen LogP contribution in [0.25, 0.3) is 21.9 Å². The van der Waals surface area contributed by atoms with E-state index in [0.29, 0.717) is 0 Å². The molecule has 1 aliphatic carbocycles. The van der Waals surface area contributed by atoms with Gasteiger partial charge >= 0.3 is 0 Å². The molecule has 0 aliphatic heterocycles. The van der Waals surface area contributed by atoms with E-state index in [1.807, 2.05) is 42.5 Å². The summed E-state index contributed by atoms with van der Waals surface area (Å²) in [4.78, 5) is 12.6.